The summed E-state index contributed by atoms with van der Waals surface area (Å²) in [5.41, 5.74) is 0.894. The molecule has 1 fully saturated rings. The fourth-order valence-electron chi connectivity index (χ4n) is 3.01. The van der Waals surface area contributed by atoms with E-state index in [0.717, 1.165) is 4.90 Å². The van der Waals surface area contributed by atoms with Crippen molar-refractivity contribution in [3.8, 4) is 11.5 Å². The second kappa shape index (κ2) is 12.0. The van der Waals surface area contributed by atoms with Crippen LogP contribution in [-0.4, -0.2) is 54.3 Å². The third kappa shape index (κ3) is 7.06. The van der Waals surface area contributed by atoms with E-state index in [2.05, 4.69) is 5.32 Å². The monoisotopic (exact) mass is 502 g/mol. The highest BCUT2D eigenvalue weighted by atomic mass is 32.2. The molecule has 0 radical (unpaired) electrons. The van der Waals surface area contributed by atoms with Crippen molar-refractivity contribution >= 4 is 46.5 Å². The summed E-state index contributed by atoms with van der Waals surface area (Å²) in [7, 11) is 0. The molecule has 0 unspecified atom stereocenters. The molecule has 0 spiro atoms. The lowest BCUT2D eigenvalue weighted by Crippen LogP contribution is -2.36. The maximum atomic E-state index is 13.0. The van der Waals surface area contributed by atoms with Crippen LogP contribution >= 0.6 is 11.8 Å². The highest BCUT2D eigenvalue weighted by Gasteiger charge is 2.36. The first-order valence-corrected chi connectivity index (χ1v) is 11.5. The topological polar surface area (TPSA) is 111 Å². The molecule has 1 saturated heterocycles. The minimum absolute atomic E-state index is 0.132. The zero-order chi connectivity index (χ0) is 25.4. The van der Waals surface area contributed by atoms with Gasteiger partial charge in [-0.05, 0) is 73.6 Å². The number of nitrogens with one attached hydrogen (secondary N) is 1. The molecular weight excluding hydrogens is 479 g/mol. The number of hydrogen-bond acceptors (Lipinski definition) is 8. The maximum absolute atomic E-state index is 13.0. The first-order chi connectivity index (χ1) is 16.8. The lowest BCUT2D eigenvalue weighted by molar-refractivity contribution is -0.145. The van der Waals surface area contributed by atoms with Crippen LogP contribution in [0.1, 0.15) is 19.4 Å². The van der Waals surface area contributed by atoms with Gasteiger partial charge in [0.2, 0.25) is 5.91 Å². The largest absolute Gasteiger partial charge is 0.490 e. The van der Waals surface area contributed by atoms with E-state index >= 15 is 0 Å². The number of thioether (sulfide) groups is 1. The van der Waals surface area contributed by atoms with Gasteiger partial charge >= 0.3 is 5.97 Å². The van der Waals surface area contributed by atoms with Gasteiger partial charge in [0.05, 0.1) is 18.1 Å². The van der Waals surface area contributed by atoms with Crippen LogP contribution in [0.25, 0.3) is 6.08 Å². The van der Waals surface area contributed by atoms with Crippen LogP contribution in [0.5, 0.6) is 11.5 Å². The molecule has 1 heterocycles. The smallest absolute Gasteiger partial charge is 0.344 e. The summed E-state index contributed by atoms with van der Waals surface area (Å²) in [6, 6.07) is 9.94. The Morgan fingerprint density at radius 1 is 1.03 bits per heavy atom. The zero-order valence-electron chi connectivity index (χ0n) is 19.0. The van der Waals surface area contributed by atoms with Crippen LogP contribution < -0.4 is 14.8 Å². The Bertz CT molecular complexity index is 1150. The van der Waals surface area contributed by atoms with Gasteiger partial charge in [0.1, 0.15) is 12.4 Å². The molecule has 0 aliphatic carbocycles. The quantitative estimate of drug-likeness (QED) is 0.385. The molecule has 2 aromatic rings. The first kappa shape index (κ1) is 25.8. The average Bonchev–Trinajstić information content (AvgIpc) is 3.07. The van der Waals surface area contributed by atoms with E-state index in [9.17, 15) is 23.6 Å². The number of hydrogen-bond donors (Lipinski definition) is 1. The average molecular weight is 503 g/mol. The van der Waals surface area contributed by atoms with Gasteiger partial charge in [0.25, 0.3) is 11.1 Å². The molecule has 1 aliphatic rings. The highest BCUT2D eigenvalue weighted by molar-refractivity contribution is 8.18. The lowest BCUT2D eigenvalue weighted by atomic mass is 10.2. The summed E-state index contributed by atoms with van der Waals surface area (Å²) < 4.78 is 28.9. The first-order valence-electron chi connectivity index (χ1n) is 10.7. The van der Waals surface area contributed by atoms with E-state index in [1.54, 1.807) is 32.0 Å². The fraction of sp³-hybridized carbons (Fsp3) is 0.250. The molecule has 9 nitrogen and oxygen atoms in total. The van der Waals surface area contributed by atoms with Crippen molar-refractivity contribution in [2.45, 2.75) is 13.8 Å². The molecule has 0 bridgehead atoms. The normalized spacial score (nSPS) is 14.3. The predicted molar refractivity (Wildman–Crippen MR) is 127 cm³/mol. The number of carbonyl (C=O) groups is 4. The van der Waals surface area contributed by atoms with E-state index in [1.807, 2.05) is 0 Å². The Balaban J connectivity index is 1.69. The molecule has 11 heteroatoms. The Morgan fingerprint density at radius 3 is 2.46 bits per heavy atom. The number of rotatable bonds is 10. The summed E-state index contributed by atoms with van der Waals surface area (Å²) in [6.07, 6.45) is 1.50. The number of amides is 3. The highest BCUT2D eigenvalue weighted by Crippen LogP contribution is 2.34. The van der Waals surface area contributed by atoms with Crippen molar-refractivity contribution < 1.29 is 37.8 Å². The molecule has 3 rings (SSSR count). The Kier molecular flexibility index (Phi) is 8.85. The van der Waals surface area contributed by atoms with Gasteiger partial charge in [-0.25, -0.2) is 9.18 Å². The molecule has 184 valence electrons. The van der Waals surface area contributed by atoms with Crippen LogP contribution in [0.15, 0.2) is 47.4 Å². The summed E-state index contributed by atoms with van der Waals surface area (Å²) in [5.74, 6) is -1.51. The van der Waals surface area contributed by atoms with Gasteiger partial charge in [0.15, 0.2) is 18.1 Å². The number of imide groups is 1. The van der Waals surface area contributed by atoms with Crippen LogP contribution in [0.3, 0.4) is 0 Å². The van der Waals surface area contributed by atoms with Gasteiger partial charge in [-0.1, -0.05) is 6.07 Å². The number of ether oxygens (including phenoxy) is 3. The van der Waals surface area contributed by atoms with Crippen LogP contribution in [0.4, 0.5) is 14.9 Å². The van der Waals surface area contributed by atoms with Gasteiger partial charge in [-0.15, -0.1) is 0 Å². The molecule has 2 aromatic carbocycles. The number of benzene rings is 2. The Labute approximate surface area is 205 Å². The van der Waals surface area contributed by atoms with Crippen LogP contribution in [-0.2, 0) is 19.1 Å². The third-order valence-corrected chi connectivity index (χ3v) is 5.43. The summed E-state index contributed by atoms with van der Waals surface area (Å²) in [5, 5.41) is 1.93. The molecule has 3 amide bonds. The number of halogens is 1. The van der Waals surface area contributed by atoms with Gasteiger partial charge in [0, 0.05) is 5.69 Å². The standard InChI is InChI=1S/C24H23FN2O7S/c1-3-32-19-11-15(5-10-18(19)34-14-22(29)33-4-2)12-20-23(30)27(24(31)35-20)13-21(28)26-17-8-6-16(25)7-9-17/h5-12H,3-4,13-14H2,1-2H3,(H,26,28)/b20-12-. The van der Waals surface area contributed by atoms with E-state index in [1.165, 1.54) is 30.3 Å². The van der Waals surface area contributed by atoms with E-state index < -0.39 is 35.4 Å². The minimum Gasteiger partial charge on any atom is -0.490 e. The predicted octanol–water partition coefficient (Wildman–Crippen LogP) is 3.84. The Morgan fingerprint density at radius 2 is 1.77 bits per heavy atom. The minimum atomic E-state index is -0.616. The molecule has 0 aromatic heterocycles. The molecule has 0 saturated carbocycles. The van der Waals surface area contributed by atoms with Crippen molar-refractivity contribution in [3.05, 3.63) is 58.8 Å². The van der Waals surface area contributed by atoms with E-state index in [0.29, 0.717) is 41.1 Å². The molecule has 35 heavy (non-hydrogen) atoms. The molecular formula is C24H23FN2O7S. The number of esters is 1. The molecule has 0 atom stereocenters. The summed E-state index contributed by atoms with van der Waals surface area (Å²) in [6.45, 7) is 3.28. The van der Waals surface area contributed by atoms with Crippen LogP contribution in [0.2, 0.25) is 0 Å². The lowest BCUT2D eigenvalue weighted by Gasteiger charge is -2.13. The van der Waals surface area contributed by atoms with Gasteiger partial charge in [-0.3, -0.25) is 19.3 Å². The zero-order valence-corrected chi connectivity index (χ0v) is 19.9. The summed E-state index contributed by atoms with van der Waals surface area (Å²) in [4.78, 5) is 49.9. The van der Waals surface area contributed by atoms with Crippen molar-refractivity contribution in [2.24, 2.45) is 0 Å². The second-order valence-electron chi connectivity index (χ2n) is 7.06. The number of anilines is 1. The van der Waals surface area contributed by atoms with E-state index in [-0.39, 0.29) is 18.1 Å². The fourth-order valence-corrected chi connectivity index (χ4v) is 3.84. The van der Waals surface area contributed by atoms with Gasteiger partial charge in [-0.2, -0.15) is 0 Å². The SMILES string of the molecule is CCOC(=O)COc1ccc(/C=C2\SC(=O)N(CC(=O)Nc3ccc(F)cc3)C2=O)cc1OCC. The van der Waals surface area contributed by atoms with E-state index in [4.69, 9.17) is 14.2 Å². The van der Waals surface area contributed by atoms with Crippen molar-refractivity contribution in [1.82, 2.24) is 4.90 Å². The summed E-state index contributed by atoms with van der Waals surface area (Å²) >= 11 is 0.706. The Hall–Kier alpha value is -3.86. The third-order valence-electron chi connectivity index (χ3n) is 4.52. The number of nitrogens with zero attached hydrogens (tertiary/aromatic N) is 1. The number of carbonyl (C=O) groups excluding carboxylic acids is 4. The molecule has 1 aliphatic heterocycles. The molecule has 1 N–H and O–H groups in total. The van der Waals surface area contributed by atoms with Crippen molar-refractivity contribution in [3.63, 3.8) is 0 Å². The second-order valence-corrected chi connectivity index (χ2v) is 8.05. The van der Waals surface area contributed by atoms with Crippen LogP contribution in [0, 0.1) is 5.82 Å². The van der Waals surface area contributed by atoms with Crippen molar-refractivity contribution in [1.29, 1.82) is 0 Å². The van der Waals surface area contributed by atoms with Gasteiger partial charge < -0.3 is 19.5 Å². The van der Waals surface area contributed by atoms with Crippen molar-refractivity contribution in [2.75, 3.05) is 31.7 Å². The maximum Gasteiger partial charge on any atom is 0.344 e.